The van der Waals surface area contributed by atoms with Gasteiger partial charge in [0.2, 0.25) is 0 Å². The first-order chi connectivity index (χ1) is 11.1. The van der Waals surface area contributed by atoms with Crippen LogP contribution in [0.1, 0.15) is 38.2 Å². The molecule has 0 saturated heterocycles. The maximum absolute atomic E-state index is 12.5. The average Bonchev–Trinajstić information content (AvgIpc) is 3.01. The predicted molar refractivity (Wildman–Crippen MR) is 91.6 cm³/mol. The standard InChI is InChI=1S/C18H17N3OS/c1-12-5-3-4-6-15(12)17(14-7-9-19-10-8-14)21-18(22)16-11-23-13(2)20-16/h3-11,17H,1-2H3,(H,21,22)/t17-/m1/s1. The minimum atomic E-state index is -0.228. The SMILES string of the molecule is Cc1nc(C(=O)N[C@H](c2ccncc2)c2ccccc2C)cs1. The van der Waals surface area contributed by atoms with Crippen molar-refractivity contribution in [3.8, 4) is 0 Å². The molecule has 23 heavy (non-hydrogen) atoms. The zero-order chi connectivity index (χ0) is 16.2. The molecule has 2 aromatic heterocycles. The number of rotatable bonds is 4. The van der Waals surface area contributed by atoms with Crippen molar-refractivity contribution in [2.45, 2.75) is 19.9 Å². The second-order valence-corrected chi connectivity index (χ2v) is 6.36. The van der Waals surface area contributed by atoms with Crippen LogP contribution < -0.4 is 5.32 Å². The van der Waals surface area contributed by atoms with E-state index in [1.54, 1.807) is 17.8 Å². The lowest BCUT2D eigenvalue weighted by Gasteiger charge is -2.21. The summed E-state index contributed by atoms with van der Waals surface area (Å²) in [6, 6.07) is 11.7. The fourth-order valence-electron chi connectivity index (χ4n) is 2.48. The van der Waals surface area contributed by atoms with E-state index in [0.29, 0.717) is 5.69 Å². The van der Waals surface area contributed by atoms with Gasteiger partial charge in [-0.2, -0.15) is 0 Å². The summed E-state index contributed by atoms with van der Waals surface area (Å²) in [7, 11) is 0. The highest BCUT2D eigenvalue weighted by Crippen LogP contribution is 2.25. The Kier molecular flexibility index (Phi) is 4.48. The molecule has 0 bridgehead atoms. The number of aryl methyl sites for hydroxylation is 2. The third kappa shape index (κ3) is 3.46. The molecule has 2 heterocycles. The molecule has 0 aliphatic carbocycles. The summed E-state index contributed by atoms with van der Waals surface area (Å²) in [6.07, 6.45) is 3.47. The lowest BCUT2D eigenvalue weighted by atomic mass is 9.95. The molecule has 0 fully saturated rings. The van der Waals surface area contributed by atoms with Crippen LogP contribution in [0.25, 0.3) is 0 Å². The van der Waals surface area contributed by atoms with E-state index in [1.165, 1.54) is 11.3 Å². The minimum Gasteiger partial charge on any atom is -0.340 e. The third-order valence-electron chi connectivity index (χ3n) is 3.67. The minimum absolute atomic E-state index is 0.167. The topological polar surface area (TPSA) is 54.9 Å². The van der Waals surface area contributed by atoms with Crippen LogP contribution >= 0.6 is 11.3 Å². The van der Waals surface area contributed by atoms with Gasteiger partial charge in [0, 0.05) is 17.8 Å². The van der Waals surface area contributed by atoms with Crippen molar-refractivity contribution in [1.82, 2.24) is 15.3 Å². The van der Waals surface area contributed by atoms with Crippen LogP contribution in [-0.4, -0.2) is 15.9 Å². The Morgan fingerprint density at radius 2 is 1.87 bits per heavy atom. The second kappa shape index (κ2) is 6.71. The molecular formula is C18H17N3OS. The van der Waals surface area contributed by atoms with Gasteiger partial charge in [0.15, 0.2) is 0 Å². The summed E-state index contributed by atoms with van der Waals surface area (Å²) < 4.78 is 0. The molecule has 0 unspecified atom stereocenters. The Morgan fingerprint density at radius 1 is 1.13 bits per heavy atom. The molecule has 0 saturated carbocycles. The van der Waals surface area contributed by atoms with E-state index in [0.717, 1.165) is 21.7 Å². The molecular weight excluding hydrogens is 306 g/mol. The maximum atomic E-state index is 12.5. The van der Waals surface area contributed by atoms with Gasteiger partial charge in [-0.15, -0.1) is 11.3 Å². The number of nitrogens with zero attached hydrogens (tertiary/aromatic N) is 2. The van der Waals surface area contributed by atoms with Gasteiger partial charge in [0.25, 0.3) is 5.91 Å². The molecule has 3 aromatic rings. The van der Waals surface area contributed by atoms with Crippen molar-refractivity contribution < 1.29 is 4.79 Å². The molecule has 3 rings (SSSR count). The summed E-state index contributed by atoms with van der Waals surface area (Å²) in [5, 5.41) is 5.76. The Balaban J connectivity index is 1.96. The van der Waals surface area contributed by atoms with Crippen LogP contribution in [0.15, 0.2) is 54.2 Å². The van der Waals surface area contributed by atoms with Crippen molar-refractivity contribution in [3.05, 3.63) is 81.6 Å². The third-order valence-corrected chi connectivity index (χ3v) is 4.44. The number of benzene rings is 1. The Bertz CT molecular complexity index is 814. The number of nitrogens with one attached hydrogen (secondary N) is 1. The van der Waals surface area contributed by atoms with E-state index in [-0.39, 0.29) is 11.9 Å². The first-order valence-corrected chi connectivity index (χ1v) is 8.21. The van der Waals surface area contributed by atoms with Crippen LogP contribution in [0.2, 0.25) is 0 Å². The highest BCUT2D eigenvalue weighted by atomic mass is 32.1. The molecule has 4 nitrogen and oxygen atoms in total. The summed E-state index contributed by atoms with van der Waals surface area (Å²) in [5.74, 6) is -0.167. The van der Waals surface area contributed by atoms with E-state index >= 15 is 0 Å². The molecule has 1 N–H and O–H groups in total. The van der Waals surface area contributed by atoms with E-state index in [4.69, 9.17) is 0 Å². The summed E-state index contributed by atoms with van der Waals surface area (Å²) in [4.78, 5) is 20.9. The van der Waals surface area contributed by atoms with Gasteiger partial charge in [0.1, 0.15) is 5.69 Å². The molecule has 0 spiro atoms. The van der Waals surface area contributed by atoms with Gasteiger partial charge in [0.05, 0.1) is 11.0 Å². The van der Waals surface area contributed by atoms with Crippen molar-refractivity contribution in [2.75, 3.05) is 0 Å². The Morgan fingerprint density at radius 3 is 2.52 bits per heavy atom. The average molecular weight is 323 g/mol. The summed E-state index contributed by atoms with van der Waals surface area (Å²) >= 11 is 1.47. The molecule has 1 atom stereocenters. The number of hydrogen-bond acceptors (Lipinski definition) is 4. The van der Waals surface area contributed by atoms with E-state index in [2.05, 4.69) is 15.3 Å². The van der Waals surface area contributed by atoms with E-state index < -0.39 is 0 Å². The van der Waals surface area contributed by atoms with Crippen LogP contribution in [0.3, 0.4) is 0 Å². The molecule has 116 valence electrons. The molecule has 0 aliphatic heterocycles. The Labute approximate surface area is 139 Å². The molecule has 0 aliphatic rings. The second-order valence-electron chi connectivity index (χ2n) is 5.30. The van der Waals surface area contributed by atoms with Crippen LogP contribution in [0, 0.1) is 13.8 Å². The van der Waals surface area contributed by atoms with Gasteiger partial charge in [-0.05, 0) is 42.7 Å². The van der Waals surface area contributed by atoms with Crippen molar-refractivity contribution >= 4 is 17.2 Å². The summed E-state index contributed by atoms with van der Waals surface area (Å²) in [6.45, 7) is 3.94. The predicted octanol–water partition coefficient (Wildman–Crippen LogP) is 3.67. The van der Waals surface area contributed by atoms with Crippen molar-refractivity contribution in [1.29, 1.82) is 0 Å². The monoisotopic (exact) mass is 323 g/mol. The van der Waals surface area contributed by atoms with Gasteiger partial charge in [-0.3, -0.25) is 9.78 Å². The molecule has 1 aromatic carbocycles. The summed E-state index contributed by atoms with van der Waals surface area (Å²) in [5.41, 5.74) is 3.65. The maximum Gasteiger partial charge on any atom is 0.271 e. The van der Waals surface area contributed by atoms with Gasteiger partial charge in [-0.25, -0.2) is 4.98 Å². The number of amides is 1. The van der Waals surface area contributed by atoms with E-state index in [1.807, 2.05) is 50.2 Å². The van der Waals surface area contributed by atoms with Crippen molar-refractivity contribution in [2.24, 2.45) is 0 Å². The van der Waals surface area contributed by atoms with Gasteiger partial charge < -0.3 is 5.32 Å². The van der Waals surface area contributed by atoms with Gasteiger partial charge in [-0.1, -0.05) is 24.3 Å². The zero-order valence-corrected chi connectivity index (χ0v) is 13.8. The Hall–Kier alpha value is -2.53. The molecule has 5 heteroatoms. The molecule has 0 radical (unpaired) electrons. The highest BCUT2D eigenvalue weighted by Gasteiger charge is 2.20. The number of pyridine rings is 1. The fraction of sp³-hybridized carbons (Fsp3) is 0.167. The lowest BCUT2D eigenvalue weighted by Crippen LogP contribution is -2.30. The van der Waals surface area contributed by atoms with Crippen LogP contribution in [-0.2, 0) is 0 Å². The number of carbonyl (C=O) groups excluding carboxylic acids is 1. The van der Waals surface area contributed by atoms with E-state index in [9.17, 15) is 4.79 Å². The zero-order valence-electron chi connectivity index (χ0n) is 13.0. The molecule has 1 amide bonds. The number of aromatic nitrogens is 2. The largest absolute Gasteiger partial charge is 0.340 e. The number of carbonyl (C=O) groups is 1. The van der Waals surface area contributed by atoms with Crippen LogP contribution in [0.4, 0.5) is 0 Å². The van der Waals surface area contributed by atoms with Crippen LogP contribution in [0.5, 0.6) is 0 Å². The van der Waals surface area contributed by atoms with Gasteiger partial charge >= 0.3 is 0 Å². The van der Waals surface area contributed by atoms with Crippen molar-refractivity contribution in [3.63, 3.8) is 0 Å². The highest BCUT2D eigenvalue weighted by molar-refractivity contribution is 7.09. The lowest BCUT2D eigenvalue weighted by molar-refractivity contribution is 0.0938. The fourth-order valence-corrected chi connectivity index (χ4v) is 3.07. The number of thiazole rings is 1. The number of hydrogen-bond donors (Lipinski definition) is 1. The first-order valence-electron chi connectivity index (χ1n) is 7.33. The smallest absolute Gasteiger partial charge is 0.271 e. The quantitative estimate of drug-likeness (QED) is 0.797. The normalized spacial score (nSPS) is 11.9. The first kappa shape index (κ1) is 15.4.